The summed E-state index contributed by atoms with van der Waals surface area (Å²) in [5.74, 6) is 1.02. The number of carbonyl (C=O) groups is 2. The second-order valence-corrected chi connectivity index (χ2v) is 11.2. The predicted octanol–water partition coefficient (Wildman–Crippen LogP) is 4.88. The second-order valence-electron chi connectivity index (χ2n) is 8.04. The zero-order valence-electron chi connectivity index (χ0n) is 19.1. The number of alkyl halides is 1. The van der Waals surface area contributed by atoms with Crippen molar-refractivity contribution in [1.29, 1.82) is 0 Å². The molecule has 2 heterocycles. The molecule has 1 saturated carbocycles. The van der Waals surface area contributed by atoms with E-state index < -0.39 is 5.91 Å². The Morgan fingerprint density at radius 2 is 2.09 bits per heavy atom. The minimum Gasteiger partial charge on any atom is -0.493 e. The van der Waals surface area contributed by atoms with Crippen LogP contribution in [-0.4, -0.2) is 56.9 Å². The van der Waals surface area contributed by atoms with E-state index in [-0.39, 0.29) is 18.6 Å². The van der Waals surface area contributed by atoms with Crippen LogP contribution in [0.2, 0.25) is 0 Å². The van der Waals surface area contributed by atoms with E-state index in [1.54, 1.807) is 13.2 Å². The summed E-state index contributed by atoms with van der Waals surface area (Å²) in [6, 6.07) is 5.59. The van der Waals surface area contributed by atoms with Gasteiger partial charge in [-0.2, -0.15) is 0 Å². The Morgan fingerprint density at radius 1 is 1.29 bits per heavy atom. The van der Waals surface area contributed by atoms with Gasteiger partial charge < -0.3 is 9.47 Å². The van der Waals surface area contributed by atoms with E-state index in [1.807, 2.05) is 18.2 Å². The number of rotatable bonds is 9. The number of thiocarbonyl (C=S) groups is 1. The maximum Gasteiger partial charge on any atom is 0.266 e. The fraction of sp³-hybridized carbons (Fsp3) is 0.435. The number of halogens is 1. The van der Waals surface area contributed by atoms with Gasteiger partial charge in [0.25, 0.3) is 5.91 Å². The van der Waals surface area contributed by atoms with Crippen LogP contribution >= 0.6 is 46.9 Å². The van der Waals surface area contributed by atoms with Crippen molar-refractivity contribution in [3.63, 3.8) is 0 Å². The van der Waals surface area contributed by atoms with Crippen LogP contribution in [0.3, 0.4) is 0 Å². The standard InChI is InChI=1S/C23H25ClN4O4S3/c1-31-17-11-14(7-8-16(17)32-15-5-3-2-4-6-15)12-18-21(30)28(23(33)34-18)13-19(29)25-22-27-26-20(35-22)9-10-24/h7-8,11-12,15H,2-6,9-10,13H2,1H3,(H,25,27,29)/b18-12-. The molecule has 2 aromatic rings. The lowest BCUT2D eigenvalue weighted by Gasteiger charge is -2.24. The van der Waals surface area contributed by atoms with Gasteiger partial charge in [-0.3, -0.25) is 19.8 Å². The van der Waals surface area contributed by atoms with Gasteiger partial charge in [0, 0.05) is 12.3 Å². The zero-order valence-corrected chi connectivity index (χ0v) is 22.3. The molecule has 0 atom stereocenters. The second kappa shape index (κ2) is 12.2. The van der Waals surface area contributed by atoms with Gasteiger partial charge in [-0.15, -0.1) is 21.8 Å². The number of hydrogen-bond donors (Lipinski definition) is 1. The van der Waals surface area contributed by atoms with E-state index >= 15 is 0 Å². The number of amides is 2. The molecule has 1 aromatic heterocycles. The summed E-state index contributed by atoms with van der Waals surface area (Å²) in [6.45, 7) is -0.204. The number of carbonyl (C=O) groups excluding carboxylic acids is 2. The number of hydrogen-bond acceptors (Lipinski definition) is 9. The number of aromatic nitrogens is 2. The number of aryl methyl sites for hydroxylation is 1. The molecule has 0 spiro atoms. The molecule has 0 radical (unpaired) electrons. The van der Waals surface area contributed by atoms with Crippen LogP contribution in [-0.2, 0) is 16.0 Å². The summed E-state index contributed by atoms with van der Waals surface area (Å²) in [7, 11) is 1.60. The van der Waals surface area contributed by atoms with Crippen molar-refractivity contribution in [2.24, 2.45) is 0 Å². The molecule has 2 aliphatic rings. The zero-order chi connectivity index (χ0) is 24.8. The van der Waals surface area contributed by atoms with E-state index in [2.05, 4.69) is 15.5 Å². The predicted molar refractivity (Wildman–Crippen MR) is 143 cm³/mol. The van der Waals surface area contributed by atoms with Gasteiger partial charge in [0.1, 0.15) is 15.9 Å². The maximum atomic E-state index is 13.0. The van der Waals surface area contributed by atoms with Crippen molar-refractivity contribution < 1.29 is 19.1 Å². The highest BCUT2D eigenvalue weighted by molar-refractivity contribution is 8.26. The topological polar surface area (TPSA) is 93.6 Å². The lowest BCUT2D eigenvalue weighted by atomic mass is 9.98. The summed E-state index contributed by atoms with van der Waals surface area (Å²) >= 11 is 13.5. The highest BCUT2D eigenvalue weighted by Gasteiger charge is 2.33. The van der Waals surface area contributed by atoms with Crippen molar-refractivity contribution in [1.82, 2.24) is 15.1 Å². The molecule has 1 saturated heterocycles. The first-order valence-electron chi connectivity index (χ1n) is 11.2. The van der Waals surface area contributed by atoms with Crippen molar-refractivity contribution in [3.8, 4) is 11.5 Å². The van der Waals surface area contributed by atoms with E-state index in [9.17, 15) is 9.59 Å². The fourth-order valence-electron chi connectivity index (χ4n) is 3.81. The quantitative estimate of drug-likeness (QED) is 0.267. The molecule has 2 amide bonds. The average Bonchev–Trinajstić information content (AvgIpc) is 3.39. The number of ether oxygens (including phenoxy) is 2. The molecule has 35 heavy (non-hydrogen) atoms. The summed E-state index contributed by atoms with van der Waals surface area (Å²) in [5, 5.41) is 11.6. The van der Waals surface area contributed by atoms with E-state index in [0.717, 1.165) is 35.2 Å². The van der Waals surface area contributed by atoms with Crippen molar-refractivity contribution in [2.45, 2.75) is 44.6 Å². The highest BCUT2D eigenvalue weighted by atomic mass is 35.5. The first-order valence-corrected chi connectivity index (χ1v) is 13.8. The lowest BCUT2D eigenvalue weighted by molar-refractivity contribution is -0.126. The van der Waals surface area contributed by atoms with Gasteiger partial charge in [0.15, 0.2) is 11.5 Å². The van der Waals surface area contributed by atoms with Gasteiger partial charge in [-0.25, -0.2) is 0 Å². The molecule has 186 valence electrons. The number of nitrogens with one attached hydrogen (secondary N) is 1. The fourth-order valence-corrected chi connectivity index (χ4v) is 6.11. The first kappa shape index (κ1) is 25.9. The van der Waals surface area contributed by atoms with E-state index in [4.69, 9.17) is 33.3 Å². The molecule has 1 N–H and O–H groups in total. The van der Waals surface area contributed by atoms with Gasteiger partial charge in [0.05, 0.1) is 18.1 Å². The highest BCUT2D eigenvalue weighted by Crippen LogP contribution is 2.36. The van der Waals surface area contributed by atoms with E-state index in [0.29, 0.717) is 38.2 Å². The van der Waals surface area contributed by atoms with Crippen LogP contribution in [0.5, 0.6) is 11.5 Å². The van der Waals surface area contributed by atoms with Crippen molar-refractivity contribution in [3.05, 3.63) is 33.7 Å². The number of thioether (sulfide) groups is 1. The Kier molecular flexibility index (Phi) is 8.99. The molecule has 0 unspecified atom stereocenters. The average molecular weight is 553 g/mol. The number of methoxy groups -OCH3 is 1. The number of benzene rings is 1. The van der Waals surface area contributed by atoms with Gasteiger partial charge in [0.2, 0.25) is 11.0 Å². The van der Waals surface area contributed by atoms with Crippen LogP contribution in [0.4, 0.5) is 5.13 Å². The monoisotopic (exact) mass is 552 g/mol. The molecular weight excluding hydrogens is 528 g/mol. The lowest BCUT2D eigenvalue weighted by Crippen LogP contribution is -2.36. The van der Waals surface area contributed by atoms with Crippen LogP contribution < -0.4 is 14.8 Å². The third kappa shape index (κ3) is 6.72. The molecular formula is C23H25ClN4O4S3. The molecule has 1 aliphatic heterocycles. The Bertz CT molecular complexity index is 1130. The van der Waals surface area contributed by atoms with Crippen LogP contribution in [0.1, 0.15) is 42.7 Å². The van der Waals surface area contributed by atoms with E-state index in [1.165, 1.54) is 35.5 Å². The van der Waals surface area contributed by atoms with Crippen LogP contribution in [0.25, 0.3) is 6.08 Å². The van der Waals surface area contributed by atoms with Gasteiger partial charge in [-0.05, 0) is 49.5 Å². The maximum absolute atomic E-state index is 13.0. The van der Waals surface area contributed by atoms with Gasteiger partial charge >= 0.3 is 0 Å². The summed E-state index contributed by atoms with van der Waals surface area (Å²) in [4.78, 5) is 27.1. The number of anilines is 1. The SMILES string of the molecule is COc1cc(/C=C2\SC(=S)N(CC(=O)Nc3nnc(CCCl)s3)C2=O)ccc1OC1CCCCC1. The number of nitrogens with zero attached hydrogens (tertiary/aromatic N) is 3. The van der Waals surface area contributed by atoms with Crippen molar-refractivity contribution >= 4 is 74.3 Å². The summed E-state index contributed by atoms with van der Waals surface area (Å²) in [6.07, 6.45) is 8.25. The Hall–Kier alpha value is -2.21. The summed E-state index contributed by atoms with van der Waals surface area (Å²) < 4.78 is 12.0. The minimum absolute atomic E-state index is 0.204. The van der Waals surface area contributed by atoms with Crippen molar-refractivity contribution in [2.75, 3.05) is 24.9 Å². The third-order valence-corrected chi connectivity index (χ3v) is 7.99. The normalized spacial score (nSPS) is 17.8. The Balaban J connectivity index is 1.40. The van der Waals surface area contributed by atoms with Crippen LogP contribution in [0, 0.1) is 0 Å². The van der Waals surface area contributed by atoms with Gasteiger partial charge in [-0.1, -0.05) is 47.8 Å². The van der Waals surface area contributed by atoms with Crippen LogP contribution in [0.15, 0.2) is 23.1 Å². The summed E-state index contributed by atoms with van der Waals surface area (Å²) in [5.41, 5.74) is 0.781. The Labute approximate surface area is 222 Å². The third-order valence-electron chi connectivity index (χ3n) is 5.53. The largest absolute Gasteiger partial charge is 0.493 e. The molecule has 4 rings (SSSR count). The molecule has 0 bridgehead atoms. The molecule has 2 fully saturated rings. The molecule has 8 nitrogen and oxygen atoms in total. The minimum atomic E-state index is -0.401. The molecule has 1 aromatic carbocycles. The molecule has 1 aliphatic carbocycles. The first-order chi connectivity index (χ1) is 17.0. The smallest absolute Gasteiger partial charge is 0.266 e. The molecule has 12 heteroatoms. The Morgan fingerprint density at radius 3 is 2.83 bits per heavy atom.